The highest BCUT2D eigenvalue weighted by molar-refractivity contribution is 6.43. The molecule has 7 heteroatoms. The van der Waals surface area contributed by atoms with Gasteiger partial charge < -0.3 is 14.8 Å². The molecule has 0 saturated carbocycles. The lowest BCUT2D eigenvalue weighted by molar-refractivity contribution is 0.0323. The molecule has 0 aromatic heterocycles. The second-order valence-electron chi connectivity index (χ2n) is 8.60. The Morgan fingerprint density at radius 3 is 2.53 bits per heavy atom. The molecule has 1 N–H and O–H groups in total. The summed E-state index contributed by atoms with van der Waals surface area (Å²) >= 11 is 12.6. The van der Waals surface area contributed by atoms with Gasteiger partial charge in [0.05, 0.1) is 23.3 Å². The second kappa shape index (κ2) is 11.3. The number of ether oxygens (including phenoxy) is 2. The van der Waals surface area contributed by atoms with E-state index in [0.717, 1.165) is 66.2 Å². The number of carbonyl (C=O) groups excluding carboxylic acids is 1. The first-order valence-corrected chi connectivity index (χ1v) is 12.7. The van der Waals surface area contributed by atoms with Gasteiger partial charge in [0, 0.05) is 47.2 Å². The van der Waals surface area contributed by atoms with Crippen molar-refractivity contribution in [3.05, 3.63) is 94.5 Å². The summed E-state index contributed by atoms with van der Waals surface area (Å²) < 4.78 is 11.5. The zero-order valence-corrected chi connectivity index (χ0v) is 21.2. The van der Waals surface area contributed by atoms with Crippen LogP contribution in [0, 0.1) is 0 Å². The number of rotatable bonds is 7. The molecule has 0 atom stereocenters. The summed E-state index contributed by atoms with van der Waals surface area (Å²) in [5.41, 5.74) is 2.85. The van der Waals surface area contributed by atoms with Gasteiger partial charge in [0.25, 0.3) is 5.91 Å². The number of amides is 1. The largest absolute Gasteiger partial charge is 0.492 e. The van der Waals surface area contributed by atoms with Crippen LogP contribution in [-0.2, 0) is 4.74 Å². The number of hydrogen-bond acceptors (Lipinski definition) is 4. The standard InChI is InChI=1S/C29H26Cl2N2O3/c30-25-10-4-9-22(28(25)31)20-5-3-6-21(19-20)29(34)32-26-11-12-27(24-8-2-1-7-23(24)26)36-18-15-33-13-16-35-17-14-33/h1-12,19H,13-18H2,(H,32,34). The lowest BCUT2D eigenvalue weighted by atomic mass is 10.0. The van der Waals surface area contributed by atoms with Gasteiger partial charge in [-0.3, -0.25) is 9.69 Å². The first-order valence-electron chi connectivity index (χ1n) is 11.9. The van der Waals surface area contributed by atoms with Crippen LogP contribution in [0.4, 0.5) is 5.69 Å². The number of carbonyl (C=O) groups is 1. The molecule has 1 fully saturated rings. The third-order valence-corrected chi connectivity index (χ3v) is 7.11. The molecule has 5 rings (SSSR count). The van der Waals surface area contributed by atoms with Crippen LogP contribution in [0.15, 0.2) is 78.9 Å². The molecule has 4 aromatic carbocycles. The van der Waals surface area contributed by atoms with Gasteiger partial charge in [0.2, 0.25) is 0 Å². The summed E-state index contributed by atoms with van der Waals surface area (Å²) in [6.45, 7) is 4.84. The second-order valence-corrected chi connectivity index (χ2v) is 9.38. The Bertz CT molecular complexity index is 1390. The van der Waals surface area contributed by atoms with E-state index in [1.165, 1.54) is 0 Å². The van der Waals surface area contributed by atoms with Crippen LogP contribution >= 0.6 is 23.2 Å². The lowest BCUT2D eigenvalue weighted by Crippen LogP contribution is -2.38. The first-order chi connectivity index (χ1) is 17.6. The summed E-state index contributed by atoms with van der Waals surface area (Å²) in [5.74, 6) is 0.593. The van der Waals surface area contributed by atoms with Crippen LogP contribution in [0.1, 0.15) is 10.4 Å². The molecule has 1 aliphatic heterocycles. The Labute approximate surface area is 220 Å². The average Bonchev–Trinajstić information content (AvgIpc) is 2.92. The molecule has 1 heterocycles. The number of anilines is 1. The van der Waals surface area contributed by atoms with Crippen LogP contribution in [0.25, 0.3) is 21.9 Å². The zero-order valence-electron chi connectivity index (χ0n) is 19.7. The summed E-state index contributed by atoms with van der Waals surface area (Å²) in [6, 6.07) is 24.5. The van der Waals surface area contributed by atoms with E-state index < -0.39 is 0 Å². The molecule has 0 radical (unpaired) electrons. The van der Waals surface area contributed by atoms with Crippen molar-refractivity contribution in [3.63, 3.8) is 0 Å². The normalized spacial score (nSPS) is 14.1. The van der Waals surface area contributed by atoms with E-state index in [2.05, 4.69) is 10.2 Å². The lowest BCUT2D eigenvalue weighted by Gasteiger charge is -2.26. The van der Waals surface area contributed by atoms with Crippen molar-refractivity contribution in [2.24, 2.45) is 0 Å². The molecule has 1 saturated heterocycles. The van der Waals surface area contributed by atoms with Gasteiger partial charge in [0.1, 0.15) is 12.4 Å². The van der Waals surface area contributed by atoms with Gasteiger partial charge in [-0.1, -0.05) is 71.7 Å². The van der Waals surface area contributed by atoms with Gasteiger partial charge in [-0.05, 0) is 35.9 Å². The highest BCUT2D eigenvalue weighted by Gasteiger charge is 2.14. The Balaban J connectivity index is 1.34. The quantitative estimate of drug-likeness (QED) is 0.292. The maximum atomic E-state index is 13.2. The van der Waals surface area contributed by atoms with Gasteiger partial charge >= 0.3 is 0 Å². The highest BCUT2D eigenvalue weighted by atomic mass is 35.5. The Kier molecular flexibility index (Phi) is 7.73. The van der Waals surface area contributed by atoms with Gasteiger partial charge in [-0.15, -0.1) is 0 Å². The molecule has 36 heavy (non-hydrogen) atoms. The van der Waals surface area contributed by atoms with E-state index in [0.29, 0.717) is 22.2 Å². The number of fused-ring (bicyclic) bond motifs is 1. The number of nitrogens with one attached hydrogen (secondary N) is 1. The van der Waals surface area contributed by atoms with Crippen molar-refractivity contribution < 1.29 is 14.3 Å². The van der Waals surface area contributed by atoms with Crippen molar-refractivity contribution >= 4 is 45.6 Å². The minimum absolute atomic E-state index is 0.207. The number of morpholine rings is 1. The summed E-state index contributed by atoms with van der Waals surface area (Å²) in [7, 11) is 0. The van der Waals surface area contributed by atoms with Crippen molar-refractivity contribution in [1.82, 2.24) is 4.90 Å². The molecule has 1 aliphatic rings. The molecule has 0 unspecified atom stereocenters. The molecular formula is C29H26Cl2N2O3. The Morgan fingerprint density at radius 2 is 1.69 bits per heavy atom. The number of benzene rings is 4. The zero-order chi connectivity index (χ0) is 24.9. The molecule has 184 valence electrons. The van der Waals surface area contributed by atoms with E-state index >= 15 is 0 Å². The van der Waals surface area contributed by atoms with Crippen molar-refractivity contribution in [2.45, 2.75) is 0 Å². The van der Waals surface area contributed by atoms with Crippen LogP contribution in [0.2, 0.25) is 10.0 Å². The minimum atomic E-state index is -0.207. The minimum Gasteiger partial charge on any atom is -0.492 e. The van der Waals surface area contributed by atoms with Gasteiger partial charge in [-0.2, -0.15) is 0 Å². The molecule has 0 aliphatic carbocycles. The van der Waals surface area contributed by atoms with E-state index in [4.69, 9.17) is 32.7 Å². The predicted octanol–water partition coefficient (Wildman–Crippen LogP) is 6.78. The van der Waals surface area contributed by atoms with E-state index in [9.17, 15) is 4.79 Å². The van der Waals surface area contributed by atoms with Crippen molar-refractivity contribution in [2.75, 3.05) is 44.8 Å². The van der Waals surface area contributed by atoms with Crippen molar-refractivity contribution in [1.29, 1.82) is 0 Å². The van der Waals surface area contributed by atoms with Crippen molar-refractivity contribution in [3.8, 4) is 16.9 Å². The third kappa shape index (κ3) is 5.50. The van der Waals surface area contributed by atoms with Crippen LogP contribution < -0.4 is 10.1 Å². The first kappa shape index (κ1) is 24.6. The van der Waals surface area contributed by atoms with Crippen LogP contribution in [0.3, 0.4) is 0 Å². The van der Waals surface area contributed by atoms with Crippen LogP contribution in [0.5, 0.6) is 5.75 Å². The summed E-state index contributed by atoms with van der Waals surface area (Å²) in [4.78, 5) is 15.5. The molecule has 5 nitrogen and oxygen atoms in total. The monoisotopic (exact) mass is 520 g/mol. The topological polar surface area (TPSA) is 50.8 Å². The summed E-state index contributed by atoms with van der Waals surface area (Å²) in [5, 5.41) is 5.88. The smallest absolute Gasteiger partial charge is 0.255 e. The van der Waals surface area contributed by atoms with Crippen LogP contribution in [-0.4, -0.2) is 50.3 Å². The Morgan fingerprint density at radius 1 is 0.917 bits per heavy atom. The Hall–Kier alpha value is -3.09. The molecule has 0 spiro atoms. The molecule has 4 aromatic rings. The average molecular weight is 521 g/mol. The maximum absolute atomic E-state index is 13.2. The molecule has 1 amide bonds. The highest BCUT2D eigenvalue weighted by Crippen LogP contribution is 2.35. The molecule has 0 bridgehead atoms. The number of hydrogen-bond donors (Lipinski definition) is 1. The third-order valence-electron chi connectivity index (χ3n) is 6.29. The SMILES string of the molecule is O=C(Nc1ccc(OCCN2CCOCC2)c2ccccc12)c1cccc(-c2cccc(Cl)c2Cl)c1. The number of nitrogens with zero attached hydrogens (tertiary/aromatic N) is 1. The summed E-state index contributed by atoms with van der Waals surface area (Å²) in [6.07, 6.45) is 0. The fourth-order valence-electron chi connectivity index (χ4n) is 4.36. The predicted molar refractivity (Wildman–Crippen MR) is 147 cm³/mol. The fraction of sp³-hybridized carbons (Fsp3) is 0.207. The fourth-order valence-corrected chi connectivity index (χ4v) is 4.77. The van der Waals surface area contributed by atoms with E-state index in [1.54, 1.807) is 12.1 Å². The maximum Gasteiger partial charge on any atom is 0.255 e. The number of halogens is 2. The van der Waals surface area contributed by atoms with Gasteiger partial charge in [-0.25, -0.2) is 0 Å². The van der Waals surface area contributed by atoms with Gasteiger partial charge in [0.15, 0.2) is 0 Å². The van der Waals surface area contributed by atoms with E-state index in [-0.39, 0.29) is 5.91 Å². The molecular weight excluding hydrogens is 495 g/mol. The van der Waals surface area contributed by atoms with E-state index in [1.807, 2.05) is 66.7 Å².